The molecule has 3 rings (SSSR count). The van der Waals surface area contributed by atoms with Crippen molar-refractivity contribution in [3.05, 3.63) is 94.8 Å². The van der Waals surface area contributed by atoms with E-state index in [0.29, 0.717) is 22.9 Å². The molecule has 0 aliphatic carbocycles. The summed E-state index contributed by atoms with van der Waals surface area (Å²) in [5, 5.41) is 9.18. The van der Waals surface area contributed by atoms with Crippen LogP contribution in [-0.4, -0.2) is 30.5 Å². The van der Waals surface area contributed by atoms with Crippen LogP contribution in [0, 0.1) is 5.82 Å². The molecule has 0 radical (unpaired) electrons. The van der Waals surface area contributed by atoms with Gasteiger partial charge in [0, 0.05) is 22.8 Å². The van der Waals surface area contributed by atoms with Gasteiger partial charge in [-0.2, -0.15) is 5.10 Å². The van der Waals surface area contributed by atoms with Crippen molar-refractivity contribution in [2.75, 3.05) is 11.9 Å². The van der Waals surface area contributed by atoms with Crippen LogP contribution in [0.3, 0.4) is 0 Å². The minimum absolute atomic E-state index is 0.248. The molecule has 0 aromatic heterocycles. The van der Waals surface area contributed by atoms with Gasteiger partial charge in [0.1, 0.15) is 11.6 Å². The topological polar surface area (TPSA) is 109 Å². The van der Waals surface area contributed by atoms with E-state index in [-0.39, 0.29) is 18.2 Å². The quantitative estimate of drug-likeness (QED) is 0.260. The number of carbonyl (C=O) groups is 3. The summed E-state index contributed by atoms with van der Waals surface area (Å²) in [6, 6.07) is 19.0. The monoisotopic (exact) mass is 482 g/mol. The average molecular weight is 483 g/mol. The fourth-order valence-electron chi connectivity index (χ4n) is 2.67. The van der Waals surface area contributed by atoms with E-state index in [1.165, 1.54) is 24.4 Å². The first-order chi connectivity index (χ1) is 16.4. The first kappa shape index (κ1) is 24.4. The Balaban J connectivity index is 1.53. The van der Waals surface area contributed by atoms with E-state index in [4.69, 9.17) is 16.3 Å². The third-order valence-corrected chi connectivity index (χ3v) is 4.58. The molecule has 0 bridgehead atoms. The zero-order valence-corrected chi connectivity index (χ0v) is 18.5. The van der Waals surface area contributed by atoms with Gasteiger partial charge >= 0.3 is 11.8 Å². The number of amides is 3. The molecule has 0 unspecified atom stereocenters. The summed E-state index contributed by atoms with van der Waals surface area (Å²) in [6.07, 6.45) is 1.23. The van der Waals surface area contributed by atoms with Gasteiger partial charge in [0.15, 0.2) is 6.61 Å². The second-order valence-electron chi connectivity index (χ2n) is 6.89. The van der Waals surface area contributed by atoms with Crippen LogP contribution in [0.4, 0.5) is 10.1 Å². The summed E-state index contributed by atoms with van der Waals surface area (Å²) in [6.45, 7) is 0.117. The van der Waals surface area contributed by atoms with Gasteiger partial charge in [0.2, 0.25) is 0 Å². The van der Waals surface area contributed by atoms with Crippen LogP contribution in [0.2, 0.25) is 5.02 Å². The number of halogens is 2. The molecule has 0 saturated heterocycles. The van der Waals surface area contributed by atoms with Gasteiger partial charge in [-0.05, 0) is 48.0 Å². The summed E-state index contributed by atoms with van der Waals surface area (Å²) in [5.74, 6) is -2.52. The number of nitrogens with zero attached hydrogens (tertiary/aromatic N) is 1. The van der Waals surface area contributed by atoms with E-state index in [2.05, 4.69) is 21.2 Å². The van der Waals surface area contributed by atoms with Crippen LogP contribution in [0.15, 0.2) is 77.9 Å². The molecule has 34 heavy (non-hydrogen) atoms. The second-order valence-corrected chi connectivity index (χ2v) is 7.33. The number of hydrogen-bond acceptors (Lipinski definition) is 5. The minimum Gasteiger partial charge on any atom is -0.483 e. The highest BCUT2D eigenvalue weighted by Crippen LogP contribution is 2.21. The number of carbonyl (C=O) groups excluding carboxylic acids is 3. The van der Waals surface area contributed by atoms with Crippen molar-refractivity contribution >= 4 is 41.2 Å². The first-order valence-corrected chi connectivity index (χ1v) is 10.4. The predicted molar refractivity (Wildman–Crippen MR) is 126 cm³/mol. The van der Waals surface area contributed by atoms with Crippen molar-refractivity contribution in [1.29, 1.82) is 0 Å². The maximum Gasteiger partial charge on any atom is 0.329 e. The number of nitrogens with one attached hydrogen (secondary N) is 3. The third-order valence-electron chi connectivity index (χ3n) is 4.34. The average Bonchev–Trinajstić information content (AvgIpc) is 2.84. The lowest BCUT2D eigenvalue weighted by molar-refractivity contribution is -0.136. The summed E-state index contributed by atoms with van der Waals surface area (Å²) in [4.78, 5) is 36.0. The van der Waals surface area contributed by atoms with Crippen molar-refractivity contribution in [2.45, 2.75) is 6.54 Å². The van der Waals surface area contributed by atoms with Crippen molar-refractivity contribution in [3.63, 3.8) is 0 Å². The fourth-order valence-corrected chi connectivity index (χ4v) is 2.86. The fraction of sp³-hybridized carbons (Fsp3) is 0.0833. The molecule has 0 aliphatic rings. The number of ether oxygens (including phenoxy) is 1. The van der Waals surface area contributed by atoms with E-state index < -0.39 is 17.6 Å². The second kappa shape index (κ2) is 12.1. The Morgan fingerprint density at radius 3 is 2.44 bits per heavy atom. The molecule has 3 aromatic rings. The Morgan fingerprint density at radius 2 is 1.71 bits per heavy atom. The van der Waals surface area contributed by atoms with E-state index in [9.17, 15) is 18.8 Å². The first-order valence-electron chi connectivity index (χ1n) is 10.0. The van der Waals surface area contributed by atoms with Gasteiger partial charge in [-0.1, -0.05) is 41.9 Å². The number of hydrogen-bond donors (Lipinski definition) is 3. The van der Waals surface area contributed by atoms with Crippen LogP contribution in [-0.2, 0) is 20.9 Å². The Bertz CT molecular complexity index is 1190. The molecule has 8 nitrogen and oxygen atoms in total. The SMILES string of the molecule is O=C(COc1ccc(Cl)cc1/C=N\NC(=O)C(=O)Nc1ccc(F)cc1)NCc1ccccc1. The third kappa shape index (κ3) is 7.72. The number of anilines is 1. The van der Waals surface area contributed by atoms with Gasteiger partial charge in [-0.15, -0.1) is 0 Å². The van der Waals surface area contributed by atoms with Crippen molar-refractivity contribution in [1.82, 2.24) is 10.7 Å². The molecule has 3 N–H and O–H groups in total. The van der Waals surface area contributed by atoms with Crippen molar-refractivity contribution in [2.24, 2.45) is 5.10 Å². The molecular weight excluding hydrogens is 463 g/mol. The molecule has 0 fully saturated rings. The molecule has 3 amide bonds. The number of rotatable bonds is 8. The van der Waals surface area contributed by atoms with E-state index in [1.54, 1.807) is 12.1 Å². The van der Waals surface area contributed by atoms with E-state index >= 15 is 0 Å². The smallest absolute Gasteiger partial charge is 0.329 e. The maximum absolute atomic E-state index is 12.9. The molecule has 0 atom stereocenters. The van der Waals surface area contributed by atoms with Crippen molar-refractivity contribution < 1.29 is 23.5 Å². The summed E-state index contributed by atoms with van der Waals surface area (Å²) < 4.78 is 18.5. The van der Waals surface area contributed by atoms with Crippen LogP contribution in [0.25, 0.3) is 0 Å². The lowest BCUT2D eigenvalue weighted by Gasteiger charge is -2.10. The molecule has 0 spiro atoms. The number of hydrazone groups is 1. The largest absolute Gasteiger partial charge is 0.483 e. The van der Waals surface area contributed by atoms with Gasteiger partial charge in [-0.3, -0.25) is 14.4 Å². The Morgan fingerprint density at radius 1 is 0.971 bits per heavy atom. The highest BCUT2D eigenvalue weighted by molar-refractivity contribution is 6.39. The Labute approximate surface area is 199 Å². The summed E-state index contributed by atoms with van der Waals surface area (Å²) in [7, 11) is 0. The standard InChI is InChI=1S/C24H20ClFN4O4/c25-18-6-11-21(34-15-22(31)27-13-16-4-2-1-3-5-16)17(12-18)14-28-30-24(33)23(32)29-20-9-7-19(26)8-10-20/h1-12,14H,13,15H2,(H,27,31)(H,29,32)(H,30,33)/b28-14-. The van der Waals surface area contributed by atoms with Crippen LogP contribution >= 0.6 is 11.6 Å². The van der Waals surface area contributed by atoms with Crippen molar-refractivity contribution in [3.8, 4) is 5.75 Å². The molecule has 0 aliphatic heterocycles. The molecular formula is C24H20ClFN4O4. The molecule has 0 heterocycles. The molecule has 174 valence electrons. The molecule has 10 heteroatoms. The zero-order chi connectivity index (χ0) is 24.3. The van der Waals surface area contributed by atoms with Gasteiger partial charge < -0.3 is 15.4 Å². The highest BCUT2D eigenvalue weighted by Gasteiger charge is 2.13. The lowest BCUT2D eigenvalue weighted by Crippen LogP contribution is -2.32. The van der Waals surface area contributed by atoms with Gasteiger partial charge in [0.05, 0.1) is 6.21 Å². The Kier molecular flexibility index (Phi) is 8.70. The predicted octanol–water partition coefficient (Wildman–Crippen LogP) is 3.26. The van der Waals surface area contributed by atoms with Gasteiger partial charge in [0.25, 0.3) is 5.91 Å². The van der Waals surface area contributed by atoms with Crippen LogP contribution in [0.5, 0.6) is 5.75 Å². The van der Waals surface area contributed by atoms with Gasteiger partial charge in [-0.25, -0.2) is 9.82 Å². The normalized spacial score (nSPS) is 10.5. The molecule has 0 saturated carbocycles. The summed E-state index contributed by atoms with van der Waals surface area (Å²) >= 11 is 6.02. The number of benzene rings is 3. The van der Waals surface area contributed by atoms with E-state index in [1.807, 2.05) is 30.3 Å². The van der Waals surface area contributed by atoms with E-state index in [0.717, 1.165) is 17.7 Å². The van der Waals surface area contributed by atoms with Crippen LogP contribution < -0.4 is 20.8 Å². The molecule has 3 aromatic carbocycles. The Hall–Kier alpha value is -4.24. The highest BCUT2D eigenvalue weighted by atomic mass is 35.5. The zero-order valence-electron chi connectivity index (χ0n) is 17.8. The van der Waals surface area contributed by atoms with Crippen LogP contribution in [0.1, 0.15) is 11.1 Å². The summed E-state index contributed by atoms with van der Waals surface area (Å²) in [5.41, 5.74) is 3.66. The minimum atomic E-state index is -1.04. The lowest BCUT2D eigenvalue weighted by atomic mass is 10.2. The maximum atomic E-state index is 12.9.